The van der Waals surface area contributed by atoms with Crippen molar-refractivity contribution in [3.05, 3.63) is 33.6 Å². The lowest BCUT2D eigenvalue weighted by atomic mass is 9.86. The zero-order valence-electron chi connectivity index (χ0n) is 13.0. The van der Waals surface area contributed by atoms with Crippen molar-refractivity contribution in [2.45, 2.75) is 12.3 Å². The summed E-state index contributed by atoms with van der Waals surface area (Å²) in [6, 6.07) is 3.11. The molecule has 0 saturated heterocycles. The van der Waals surface area contributed by atoms with Crippen molar-refractivity contribution in [3.63, 3.8) is 0 Å². The van der Waals surface area contributed by atoms with Crippen molar-refractivity contribution in [2.24, 2.45) is 0 Å². The number of aromatic amines is 1. The van der Waals surface area contributed by atoms with Crippen LogP contribution in [0.2, 0.25) is 0 Å². The third-order valence-corrected chi connectivity index (χ3v) is 3.87. The first-order chi connectivity index (χ1) is 11.4. The van der Waals surface area contributed by atoms with Crippen LogP contribution >= 0.6 is 0 Å². The van der Waals surface area contributed by atoms with Gasteiger partial charge in [-0.05, 0) is 17.7 Å². The number of phenols is 1. The summed E-state index contributed by atoms with van der Waals surface area (Å²) in [6.45, 7) is 0. The normalized spacial score (nSPS) is 16.2. The molecule has 2 aromatic rings. The van der Waals surface area contributed by atoms with E-state index in [0.29, 0.717) is 11.1 Å². The Morgan fingerprint density at radius 1 is 1.25 bits per heavy atom. The predicted molar refractivity (Wildman–Crippen MR) is 85.6 cm³/mol. The van der Waals surface area contributed by atoms with Crippen molar-refractivity contribution >= 4 is 17.7 Å². The summed E-state index contributed by atoms with van der Waals surface area (Å²) >= 11 is 0. The molecule has 1 aromatic carbocycles. The predicted octanol–water partition coefficient (Wildman–Crippen LogP) is 0.549. The average Bonchev–Trinajstić information content (AvgIpc) is 2.53. The Balaban J connectivity index is 2.21. The molecular formula is C15H16N4O5. The van der Waals surface area contributed by atoms with Crippen molar-refractivity contribution < 1.29 is 19.4 Å². The van der Waals surface area contributed by atoms with Gasteiger partial charge in [-0.3, -0.25) is 14.6 Å². The van der Waals surface area contributed by atoms with Crippen LogP contribution in [-0.4, -0.2) is 35.2 Å². The lowest BCUT2D eigenvalue weighted by molar-refractivity contribution is -0.116. The van der Waals surface area contributed by atoms with Crippen LogP contribution in [0.15, 0.2) is 16.9 Å². The molecule has 1 aliphatic heterocycles. The van der Waals surface area contributed by atoms with E-state index in [9.17, 15) is 14.7 Å². The number of nitrogens with one attached hydrogen (secondary N) is 2. The third kappa shape index (κ3) is 2.49. The van der Waals surface area contributed by atoms with Gasteiger partial charge in [0.2, 0.25) is 17.6 Å². The second-order valence-corrected chi connectivity index (χ2v) is 5.29. The van der Waals surface area contributed by atoms with Gasteiger partial charge in [-0.25, -0.2) is 0 Å². The van der Waals surface area contributed by atoms with E-state index < -0.39 is 11.5 Å². The molecule has 0 aliphatic carbocycles. The highest BCUT2D eigenvalue weighted by molar-refractivity contribution is 5.94. The van der Waals surface area contributed by atoms with E-state index in [1.54, 1.807) is 12.1 Å². The minimum atomic E-state index is -0.575. The molecule has 0 saturated carbocycles. The number of carbonyl (C=O) groups is 1. The number of carbonyl (C=O) groups excluding carboxylic acids is 1. The molecular weight excluding hydrogens is 316 g/mol. The minimum Gasteiger partial charge on any atom is -0.502 e. The molecule has 1 atom stereocenters. The minimum absolute atomic E-state index is 0.0404. The number of hydrogen-bond acceptors (Lipinski definition) is 7. The Hall–Kier alpha value is -3.23. The number of benzene rings is 1. The van der Waals surface area contributed by atoms with E-state index in [-0.39, 0.29) is 41.3 Å². The van der Waals surface area contributed by atoms with Crippen LogP contribution in [0.3, 0.4) is 0 Å². The fourth-order valence-corrected chi connectivity index (χ4v) is 2.79. The highest BCUT2D eigenvalue weighted by Gasteiger charge is 2.32. The van der Waals surface area contributed by atoms with Gasteiger partial charge in [0.05, 0.1) is 19.8 Å². The van der Waals surface area contributed by atoms with Crippen LogP contribution in [0.1, 0.15) is 23.5 Å². The molecule has 0 unspecified atom stereocenters. The van der Waals surface area contributed by atoms with Gasteiger partial charge in [-0.15, -0.1) is 0 Å². The number of nitrogen functional groups attached to an aromatic ring is 1. The molecule has 1 aliphatic rings. The molecule has 5 N–H and O–H groups in total. The highest BCUT2D eigenvalue weighted by atomic mass is 16.5. The number of ether oxygens (including phenoxy) is 2. The molecule has 0 radical (unpaired) electrons. The maximum atomic E-state index is 12.3. The molecule has 2 heterocycles. The zero-order valence-corrected chi connectivity index (χ0v) is 13.0. The molecule has 3 rings (SSSR count). The summed E-state index contributed by atoms with van der Waals surface area (Å²) in [5, 5.41) is 12.6. The Kier molecular flexibility index (Phi) is 3.76. The number of nitrogens with zero attached hydrogens (tertiary/aromatic N) is 1. The van der Waals surface area contributed by atoms with Gasteiger partial charge >= 0.3 is 0 Å². The van der Waals surface area contributed by atoms with Crippen molar-refractivity contribution in [1.82, 2.24) is 9.97 Å². The number of phenolic OH excluding ortho intramolecular Hbond substituents is 1. The topological polar surface area (TPSA) is 140 Å². The molecule has 1 amide bonds. The van der Waals surface area contributed by atoms with Crippen LogP contribution < -0.4 is 26.1 Å². The van der Waals surface area contributed by atoms with E-state index in [1.165, 1.54) is 14.2 Å². The number of anilines is 2. The standard InChI is InChI=1S/C15H16N4O5/c1-23-8-3-6(4-9(24-2)12(8)21)7-5-10(20)17-13-11(7)14(22)19-15(16)18-13/h3-4,7,21H,5H2,1-2H3,(H4,16,17,18,19,20,22)/t7-/m0/s1. The first-order valence-electron chi connectivity index (χ1n) is 7.09. The molecule has 0 spiro atoms. The molecule has 1 aromatic heterocycles. The molecule has 9 heteroatoms. The molecule has 0 bridgehead atoms. The number of amides is 1. The quantitative estimate of drug-likeness (QED) is 0.643. The Morgan fingerprint density at radius 3 is 2.46 bits per heavy atom. The summed E-state index contributed by atoms with van der Waals surface area (Å²) < 4.78 is 10.3. The van der Waals surface area contributed by atoms with Crippen LogP contribution in [-0.2, 0) is 4.79 Å². The largest absolute Gasteiger partial charge is 0.502 e. The van der Waals surface area contributed by atoms with Crippen LogP contribution in [0, 0.1) is 0 Å². The number of fused-ring (bicyclic) bond motifs is 1. The molecule has 24 heavy (non-hydrogen) atoms. The van der Waals surface area contributed by atoms with E-state index in [4.69, 9.17) is 15.2 Å². The van der Waals surface area contributed by atoms with Gasteiger partial charge in [0.25, 0.3) is 5.56 Å². The second kappa shape index (κ2) is 5.76. The first-order valence-corrected chi connectivity index (χ1v) is 7.09. The number of hydrogen-bond donors (Lipinski definition) is 4. The zero-order chi connectivity index (χ0) is 17.4. The number of aromatic nitrogens is 2. The Morgan fingerprint density at radius 2 is 1.88 bits per heavy atom. The molecule has 0 fully saturated rings. The first kappa shape index (κ1) is 15.7. The monoisotopic (exact) mass is 332 g/mol. The summed E-state index contributed by atoms with van der Waals surface area (Å²) in [5.74, 6) is -0.629. The van der Waals surface area contributed by atoms with Crippen LogP contribution in [0.25, 0.3) is 0 Å². The summed E-state index contributed by atoms with van der Waals surface area (Å²) in [5.41, 5.74) is 5.96. The Bertz CT molecular complexity index is 852. The van der Waals surface area contributed by atoms with E-state index in [1.807, 2.05) is 0 Å². The average molecular weight is 332 g/mol. The lowest BCUT2D eigenvalue weighted by Gasteiger charge is -2.25. The lowest BCUT2D eigenvalue weighted by Crippen LogP contribution is -2.31. The van der Waals surface area contributed by atoms with Crippen LogP contribution in [0.4, 0.5) is 11.8 Å². The maximum Gasteiger partial charge on any atom is 0.258 e. The number of aromatic hydroxyl groups is 1. The van der Waals surface area contributed by atoms with Gasteiger partial charge in [-0.1, -0.05) is 0 Å². The van der Waals surface area contributed by atoms with Crippen molar-refractivity contribution in [1.29, 1.82) is 0 Å². The summed E-state index contributed by atoms with van der Waals surface area (Å²) in [7, 11) is 2.80. The highest BCUT2D eigenvalue weighted by Crippen LogP contribution is 2.42. The second-order valence-electron chi connectivity index (χ2n) is 5.29. The fourth-order valence-electron chi connectivity index (χ4n) is 2.79. The SMILES string of the molecule is COc1cc([C@@H]2CC(=O)Nc3nc(N)[nH]c(=O)c32)cc(OC)c1O. The number of H-pyrrole nitrogens is 1. The molecule has 126 valence electrons. The fraction of sp³-hybridized carbons (Fsp3) is 0.267. The van der Waals surface area contributed by atoms with Gasteiger partial charge in [-0.2, -0.15) is 4.98 Å². The Labute approximate surface area is 136 Å². The van der Waals surface area contributed by atoms with Gasteiger partial charge in [0, 0.05) is 12.3 Å². The number of nitrogens with two attached hydrogens (primary N) is 1. The number of methoxy groups -OCH3 is 2. The van der Waals surface area contributed by atoms with E-state index >= 15 is 0 Å². The van der Waals surface area contributed by atoms with Crippen molar-refractivity contribution in [2.75, 3.05) is 25.3 Å². The maximum absolute atomic E-state index is 12.3. The smallest absolute Gasteiger partial charge is 0.258 e. The number of rotatable bonds is 3. The van der Waals surface area contributed by atoms with Crippen LogP contribution in [0.5, 0.6) is 17.2 Å². The summed E-state index contributed by atoms with van der Waals surface area (Å²) in [6.07, 6.45) is 0.0404. The third-order valence-electron chi connectivity index (χ3n) is 3.87. The molecule has 9 nitrogen and oxygen atoms in total. The van der Waals surface area contributed by atoms with E-state index in [0.717, 1.165) is 0 Å². The summed E-state index contributed by atoms with van der Waals surface area (Å²) in [4.78, 5) is 30.7. The van der Waals surface area contributed by atoms with Crippen molar-refractivity contribution in [3.8, 4) is 17.2 Å². The van der Waals surface area contributed by atoms with E-state index in [2.05, 4.69) is 15.3 Å². The van der Waals surface area contributed by atoms with Gasteiger partial charge in [0.1, 0.15) is 5.82 Å². The van der Waals surface area contributed by atoms with Gasteiger partial charge in [0.15, 0.2) is 11.5 Å². The van der Waals surface area contributed by atoms with Gasteiger partial charge < -0.3 is 25.6 Å².